The molecule has 28 heavy (non-hydrogen) atoms. The molecule has 0 aliphatic heterocycles. The number of aromatic amines is 1. The smallest absolute Gasteiger partial charge is 0.260 e. The number of quaternary nitrogens is 1. The Hall–Kier alpha value is -2.28. The normalized spacial score (nSPS) is 12.7. The van der Waals surface area contributed by atoms with Gasteiger partial charge >= 0.3 is 0 Å². The number of nitrogens with two attached hydrogens (primary N) is 1. The molecular weight excluding hydrogens is 386 g/mol. The van der Waals surface area contributed by atoms with Gasteiger partial charge in [0.15, 0.2) is 5.82 Å². The Kier molecular flexibility index (Phi) is 5.44. The number of rotatable bonds is 6. The highest BCUT2D eigenvalue weighted by molar-refractivity contribution is 7.19. The first-order valence-electron chi connectivity index (χ1n) is 9.48. The van der Waals surface area contributed by atoms with Gasteiger partial charge in [0.05, 0.1) is 5.39 Å². The molecular formula is C22H24N3OS2+. The SMILES string of the molecule is Cc1ccc(-c2csc3nc(C[NH2+][C@H](c4ccccc4)C(C)C)[nH]c(=O)c23)s1. The molecule has 0 bridgehead atoms. The maximum atomic E-state index is 12.8. The molecule has 3 aromatic heterocycles. The first-order chi connectivity index (χ1) is 13.5. The average Bonchev–Trinajstić information content (AvgIpc) is 3.29. The summed E-state index contributed by atoms with van der Waals surface area (Å²) >= 11 is 3.25. The van der Waals surface area contributed by atoms with Crippen LogP contribution in [0.4, 0.5) is 0 Å². The fourth-order valence-corrected chi connectivity index (χ4v) is 5.48. The molecule has 3 heterocycles. The minimum Gasteiger partial charge on any atom is -0.334 e. The van der Waals surface area contributed by atoms with Crippen LogP contribution in [0.3, 0.4) is 0 Å². The number of benzene rings is 1. The molecule has 4 aromatic rings. The van der Waals surface area contributed by atoms with Crippen LogP contribution in [-0.4, -0.2) is 9.97 Å². The van der Waals surface area contributed by atoms with Gasteiger partial charge in [-0.25, -0.2) is 4.98 Å². The summed E-state index contributed by atoms with van der Waals surface area (Å²) in [5.74, 6) is 1.21. The predicted molar refractivity (Wildman–Crippen MR) is 118 cm³/mol. The molecule has 4 rings (SSSR count). The Labute approximate surface area is 172 Å². The summed E-state index contributed by atoms with van der Waals surface area (Å²) in [7, 11) is 0. The summed E-state index contributed by atoms with van der Waals surface area (Å²) in [5, 5.41) is 5.02. The van der Waals surface area contributed by atoms with E-state index in [1.807, 2.05) is 11.4 Å². The van der Waals surface area contributed by atoms with E-state index in [1.165, 1.54) is 10.4 Å². The molecule has 0 radical (unpaired) electrons. The standard InChI is InChI=1S/C22H23N3OS2/c1-13(2)20(15-7-5-4-6-8-15)23-11-18-24-21(26)19-16(12-27-22(19)25-18)17-10-9-14(3)28-17/h4-10,12-13,20,23H,11H2,1-3H3,(H,24,25,26)/p+1/t20-/m0/s1. The van der Waals surface area contributed by atoms with Gasteiger partial charge in [-0.1, -0.05) is 44.2 Å². The van der Waals surface area contributed by atoms with Gasteiger partial charge in [0.25, 0.3) is 5.56 Å². The molecule has 6 heteroatoms. The third kappa shape index (κ3) is 3.81. The minimum absolute atomic E-state index is 0.0449. The van der Waals surface area contributed by atoms with E-state index in [0.717, 1.165) is 21.1 Å². The zero-order valence-electron chi connectivity index (χ0n) is 16.2. The highest BCUT2D eigenvalue weighted by Crippen LogP contribution is 2.34. The van der Waals surface area contributed by atoms with Crippen LogP contribution in [0.2, 0.25) is 0 Å². The van der Waals surface area contributed by atoms with E-state index in [-0.39, 0.29) is 5.56 Å². The van der Waals surface area contributed by atoms with Crippen LogP contribution in [0.1, 0.15) is 36.2 Å². The molecule has 0 unspecified atom stereocenters. The van der Waals surface area contributed by atoms with Crippen molar-refractivity contribution in [3.63, 3.8) is 0 Å². The number of aromatic nitrogens is 2. The van der Waals surface area contributed by atoms with Crippen molar-refractivity contribution in [2.75, 3.05) is 0 Å². The van der Waals surface area contributed by atoms with Gasteiger partial charge in [0.2, 0.25) is 0 Å². The van der Waals surface area contributed by atoms with E-state index in [0.29, 0.717) is 23.9 Å². The number of H-pyrrole nitrogens is 1. The van der Waals surface area contributed by atoms with Crippen molar-refractivity contribution >= 4 is 32.9 Å². The van der Waals surface area contributed by atoms with Crippen LogP contribution in [0.25, 0.3) is 20.7 Å². The first-order valence-corrected chi connectivity index (χ1v) is 11.2. The monoisotopic (exact) mass is 410 g/mol. The molecule has 0 aliphatic rings. The number of hydrogen-bond donors (Lipinski definition) is 2. The lowest BCUT2D eigenvalue weighted by atomic mass is 9.96. The van der Waals surface area contributed by atoms with E-state index in [1.54, 1.807) is 22.7 Å². The van der Waals surface area contributed by atoms with Gasteiger partial charge < -0.3 is 10.3 Å². The van der Waals surface area contributed by atoms with Crippen molar-refractivity contribution in [1.82, 2.24) is 9.97 Å². The predicted octanol–water partition coefficient (Wildman–Crippen LogP) is 4.48. The van der Waals surface area contributed by atoms with Gasteiger partial charge in [-0.3, -0.25) is 4.79 Å². The number of aryl methyl sites for hydroxylation is 1. The Balaban J connectivity index is 1.61. The van der Waals surface area contributed by atoms with Gasteiger partial charge in [-0.15, -0.1) is 22.7 Å². The number of thiophene rings is 2. The van der Waals surface area contributed by atoms with Crippen molar-refractivity contribution in [3.8, 4) is 10.4 Å². The zero-order valence-corrected chi connectivity index (χ0v) is 17.9. The van der Waals surface area contributed by atoms with Gasteiger partial charge in [-0.05, 0) is 19.1 Å². The number of fused-ring (bicyclic) bond motifs is 1. The van der Waals surface area contributed by atoms with Crippen molar-refractivity contribution in [2.24, 2.45) is 5.92 Å². The van der Waals surface area contributed by atoms with Gasteiger partial charge in [0.1, 0.15) is 17.4 Å². The number of nitrogens with zero attached hydrogens (tertiary/aromatic N) is 1. The Morgan fingerprint density at radius 3 is 2.61 bits per heavy atom. The Bertz CT molecular complexity index is 1140. The highest BCUT2D eigenvalue weighted by Gasteiger charge is 2.20. The van der Waals surface area contributed by atoms with Crippen molar-refractivity contribution in [1.29, 1.82) is 0 Å². The van der Waals surface area contributed by atoms with E-state index in [2.05, 4.69) is 67.5 Å². The Morgan fingerprint density at radius 1 is 1.14 bits per heavy atom. The molecule has 0 aliphatic carbocycles. The summed E-state index contributed by atoms with van der Waals surface area (Å²) in [6.07, 6.45) is 0. The quantitative estimate of drug-likeness (QED) is 0.492. The summed E-state index contributed by atoms with van der Waals surface area (Å²) in [6.45, 7) is 7.18. The number of nitrogens with one attached hydrogen (secondary N) is 1. The molecule has 3 N–H and O–H groups in total. The fourth-order valence-electron chi connectivity index (χ4n) is 3.56. The largest absolute Gasteiger partial charge is 0.334 e. The van der Waals surface area contributed by atoms with Crippen molar-refractivity contribution in [3.05, 3.63) is 74.5 Å². The highest BCUT2D eigenvalue weighted by atomic mass is 32.1. The van der Waals surface area contributed by atoms with E-state index in [9.17, 15) is 4.79 Å². The van der Waals surface area contributed by atoms with Gasteiger partial charge in [0, 0.05) is 32.2 Å². The molecule has 144 valence electrons. The molecule has 0 saturated heterocycles. The molecule has 1 atom stereocenters. The minimum atomic E-state index is -0.0449. The molecule has 0 spiro atoms. The first kappa shape index (κ1) is 19.1. The third-order valence-electron chi connectivity index (χ3n) is 4.97. The second-order valence-corrected chi connectivity index (χ2v) is 9.52. The topological polar surface area (TPSA) is 62.4 Å². The molecule has 0 saturated carbocycles. The zero-order chi connectivity index (χ0) is 19.7. The van der Waals surface area contributed by atoms with E-state index in [4.69, 9.17) is 4.98 Å². The van der Waals surface area contributed by atoms with Crippen LogP contribution >= 0.6 is 22.7 Å². The fraction of sp³-hybridized carbons (Fsp3) is 0.273. The lowest BCUT2D eigenvalue weighted by Crippen LogP contribution is -2.85. The van der Waals surface area contributed by atoms with Crippen LogP contribution in [0.5, 0.6) is 0 Å². The molecule has 4 nitrogen and oxygen atoms in total. The second-order valence-electron chi connectivity index (χ2n) is 7.37. The molecule has 1 aromatic carbocycles. The molecule has 0 amide bonds. The summed E-state index contributed by atoms with van der Waals surface area (Å²) in [6, 6.07) is 15.0. The molecule has 0 fully saturated rings. The van der Waals surface area contributed by atoms with Crippen molar-refractivity contribution < 1.29 is 5.32 Å². The average molecular weight is 411 g/mol. The summed E-state index contributed by atoms with van der Waals surface area (Å²) in [4.78, 5) is 23.8. The lowest BCUT2D eigenvalue weighted by Gasteiger charge is -2.19. The van der Waals surface area contributed by atoms with Crippen LogP contribution in [-0.2, 0) is 6.54 Å². The van der Waals surface area contributed by atoms with Gasteiger partial charge in [-0.2, -0.15) is 0 Å². The maximum Gasteiger partial charge on any atom is 0.260 e. The number of hydrogen-bond acceptors (Lipinski definition) is 4. The van der Waals surface area contributed by atoms with Crippen LogP contribution in [0.15, 0.2) is 52.6 Å². The maximum absolute atomic E-state index is 12.8. The van der Waals surface area contributed by atoms with E-state index < -0.39 is 0 Å². The Morgan fingerprint density at radius 2 is 1.93 bits per heavy atom. The third-order valence-corrected chi connectivity index (χ3v) is 6.87. The van der Waals surface area contributed by atoms with E-state index >= 15 is 0 Å². The lowest BCUT2D eigenvalue weighted by molar-refractivity contribution is -0.718. The summed E-state index contributed by atoms with van der Waals surface area (Å²) < 4.78 is 0. The summed E-state index contributed by atoms with van der Waals surface area (Å²) in [5.41, 5.74) is 2.25. The second kappa shape index (κ2) is 7.99. The van der Waals surface area contributed by atoms with Crippen LogP contribution in [0, 0.1) is 12.8 Å². The van der Waals surface area contributed by atoms with Crippen LogP contribution < -0.4 is 10.9 Å². The van der Waals surface area contributed by atoms with Crippen molar-refractivity contribution in [2.45, 2.75) is 33.4 Å².